The standard InChI is InChI=1S/C14H26N2O2/c1-10(2)13(14(17)18-3)15-11-6-8-16-7-4-5-12(16)9-11/h10-13,15H,4-9H2,1-3H3/t11?,12?,13-/m0/s1. The fourth-order valence-corrected chi connectivity index (χ4v) is 3.29. The zero-order chi connectivity index (χ0) is 13.1. The summed E-state index contributed by atoms with van der Waals surface area (Å²) >= 11 is 0. The normalized spacial score (nSPS) is 30.2. The van der Waals surface area contributed by atoms with Crippen molar-refractivity contribution in [2.75, 3.05) is 20.2 Å². The van der Waals surface area contributed by atoms with Crippen LogP contribution in [0.25, 0.3) is 0 Å². The molecule has 0 radical (unpaired) electrons. The van der Waals surface area contributed by atoms with Crippen LogP contribution in [0.15, 0.2) is 0 Å². The minimum absolute atomic E-state index is 0.126. The highest BCUT2D eigenvalue weighted by Crippen LogP contribution is 2.27. The van der Waals surface area contributed by atoms with Crippen molar-refractivity contribution in [1.29, 1.82) is 0 Å². The molecular formula is C14H26N2O2. The molecule has 2 fully saturated rings. The summed E-state index contributed by atoms with van der Waals surface area (Å²) in [5.74, 6) is 0.151. The Balaban J connectivity index is 1.89. The SMILES string of the molecule is COC(=O)[C@@H](NC1CCN2CCCC2C1)C(C)C. The Morgan fingerprint density at radius 3 is 2.78 bits per heavy atom. The van der Waals surface area contributed by atoms with Crippen LogP contribution in [0.2, 0.25) is 0 Å². The number of piperidine rings is 1. The van der Waals surface area contributed by atoms with E-state index in [2.05, 4.69) is 24.1 Å². The number of hydrogen-bond acceptors (Lipinski definition) is 4. The van der Waals surface area contributed by atoms with E-state index in [-0.39, 0.29) is 17.9 Å². The molecule has 2 aliphatic heterocycles. The van der Waals surface area contributed by atoms with Crippen molar-refractivity contribution < 1.29 is 9.53 Å². The van der Waals surface area contributed by atoms with E-state index in [0.29, 0.717) is 6.04 Å². The molecule has 2 saturated heterocycles. The monoisotopic (exact) mass is 254 g/mol. The van der Waals surface area contributed by atoms with Gasteiger partial charge in [0.25, 0.3) is 0 Å². The first-order valence-electron chi connectivity index (χ1n) is 7.19. The minimum atomic E-state index is -0.159. The summed E-state index contributed by atoms with van der Waals surface area (Å²) in [5.41, 5.74) is 0. The zero-order valence-corrected chi connectivity index (χ0v) is 11.8. The molecule has 4 heteroatoms. The van der Waals surface area contributed by atoms with Gasteiger partial charge in [0.1, 0.15) is 6.04 Å². The van der Waals surface area contributed by atoms with Crippen LogP contribution in [-0.4, -0.2) is 49.2 Å². The van der Waals surface area contributed by atoms with Crippen molar-refractivity contribution in [3.63, 3.8) is 0 Å². The number of esters is 1. The van der Waals surface area contributed by atoms with E-state index in [1.54, 1.807) is 0 Å². The molecule has 18 heavy (non-hydrogen) atoms. The van der Waals surface area contributed by atoms with Crippen LogP contribution in [0.5, 0.6) is 0 Å². The van der Waals surface area contributed by atoms with Crippen LogP contribution in [-0.2, 0) is 9.53 Å². The molecule has 4 nitrogen and oxygen atoms in total. The van der Waals surface area contributed by atoms with E-state index in [1.165, 1.54) is 39.5 Å². The first kappa shape index (κ1) is 13.8. The summed E-state index contributed by atoms with van der Waals surface area (Å²) in [7, 11) is 1.47. The molecule has 0 spiro atoms. The molecule has 104 valence electrons. The number of rotatable bonds is 4. The summed E-state index contributed by atoms with van der Waals surface area (Å²) in [6.45, 7) is 6.58. The Morgan fingerprint density at radius 1 is 1.33 bits per heavy atom. The topological polar surface area (TPSA) is 41.6 Å². The zero-order valence-electron chi connectivity index (χ0n) is 11.8. The summed E-state index contributed by atoms with van der Waals surface area (Å²) in [5, 5.41) is 3.52. The van der Waals surface area contributed by atoms with Gasteiger partial charge < -0.3 is 15.0 Å². The lowest BCUT2D eigenvalue weighted by molar-refractivity contribution is -0.144. The van der Waals surface area contributed by atoms with Gasteiger partial charge in [0, 0.05) is 12.1 Å². The van der Waals surface area contributed by atoms with E-state index in [1.807, 2.05) is 0 Å². The van der Waals surface area contributed by atoms with Crippen LogP contribution in [0.3, 0.4) is 0 Å². The van der Waals surface area contributed by atoms with Crippen molar-refractivity contribution in [3.8, 4) is 0 Å². The van der Waals surface area contributed by atoms with Gasteiger partial charge >= 0.3 is 5.97 Å². The van der Waals surface area contributed by atoms with Crippen molar-refractivity contribution in [2.45, 2.75) is 57.7 Å². The average molecular weight is 254 g/mol. The summed E-state index contributed by atoms with van der Waals surface area (Å²) in [4.78, 5) is 14.4. The van der Waals surface area contributed by atoms with E-state index in [4.69, 9.17) is 4.74 Å². The first-order valence-corrected chi connectivity index (χ1v) is 7.19. The maximum atomic E-state index is 11.8. The smallest absolute Gasteiger partial charge is 0.323 e. The van der Waals surface area contributed by atoms with Crippen LogP contribution in [0.1, 0.15) is 39.5 Å². The Labute approximate surface area is 110 Å². The number of carbonyl (C=O) groups is 1. The second kappa shape index (κ2) is 6.02. The lowest BCUT2D eigenvalue weighted by Crippen LogP contribution is -2.52. The fourth-order valence-electron chi connectivity index (χ4n) is 3.29. The third kappa shape index (κ3) is 3.04. The first-order chi connectivity index (χ1) is 8.61. The third-order valence-corrected chi connectivity index (χ3v) is 4.36. The van der Waals surface area contributed by atoms with Gasteiger partial charge in [-0.2, -0.15) is 0 Å². The van der Waals surface area contributed by atoms with Gasteiger partial charge in [-0.3, -0.25) is 4.79 Å². The molecule has 2 aliphatic rings. The highest BCUT2D eigenvalue weighted by Gasteiger charge is 2.34. The Morgan fingerprint density at radius 2 is 2.11 bits per heavy atom. The average Bonchev–Trinajstić information content (AvgIpc) is 2.82. The summed E-state index contributed by atoms with van der Waals surface area (Å²) in [6, 6.07) is 1.05. The predicted octanol–water partition coefficient (Wildman–Crippen LogP) is 1.40. The van der Waals surface area contributed by atoms with E-state index < -0.39 is 0 Å². The largest absolute Gasteiger partial charge is 0.468 e. The van der Waals surface area contributed by atoms with Crippen LogP contribution in [0.4, 0.5) is 0 Å². The molecule has 0 bridgehead atoms. The van der Waals surface area contributed by atoms with Crippen LogP contribution in [0, 0.1) is 5.92 Å². The lowest BCUT2D eigenvalue weighted by atomic mass is 9.95. The van der Waals surface area contributed by atoms with Gasteiger partial charge in [0.05, 0.1) is 7.11 Å². The molecule has 0 aromatic rings. The molecule has 0 aromatic heterocycles. The highest BCUT2D eigenvalue weighted by molar-refractivity contribution is 5.75. The molecule has 0 amide bonds. The van der Waals surface area contributed by atoms with Gasteiger partial charge in [0.2, 0.25) is 0 Å². The minimum Gasteiger partial charge on any atom is -0.468 e. The maximum Gasteiger partial charge on any atom is 0.323 e. The number of carbonyl (C=O) groups excluding carboxylic acids is 1. The molecular weight excluding hydrogens is 228 g/mol. The number of hydrogen-bond donors (Lipinski definition) is 1. The number of fused-ring (bicyclic) bond motifs is 1. The number of nitrogens with zero attached hydrogens (tertiary/aromatic N) is 1. The molecule has 2 heterocycles. The Hall–Kier alpha value is -0.610. The van der Waals surface area contributed by atoms with Gasteiger partial charge in [-0.05, 0) is 44.7 Å². The third-order valence-electron chi connectivity index (χ3n) is 4.36. The molecule has 1 N–H and O–H groups in total. The van der Waals surface area contributed by atoms with E-state index in [9.17, 15) is 4.79 Å². The number of methoxy groups -OCH3 is 1. The molecule has 0 aromatic carbocycles. The molecule has 3 atom stereocenters. The molecule has 0 aliphatic carbocycles. The van der Waals surface area contributed by atoms with E-state index >= 15 is 0 Å². The van der Waals surface area contributed by atoms with E-state index in [0.717, 1.165) is 12.5 Å². The number of nitrogens with one attached hydrogen (secondary N) is 1. The van der Waals surface area contributed by atoms with Crippen molar-refractivity contribution >= 4 is 5.97 Å². The van der Waals surface area contributed by atoms with Gasteiger partial charge in [0.15, 0.2) is 0 Å². The van der Waals surface area contributed by atoms with Crippen LogP contribution >= 0.6 is 0 Å². The quantitative estimate of drug-likeness (QED) is 0.770. The van der Waals surface area contributed by atoms with Crippen molar-refractivity contribution in [1.82, 2.24) is 10.2 Å². The predicted molar refractivity (Wildman–Crippen MR) is 71.4 cm³/mol. The molecule has 2 unspecified atom stereocenters. The highest BCUT2D eigenvalue weighted by atomic mass is 16.5. The second-order valence-electron chi connectivity index (χ2n) is 5.96. The number of ether oxygens (including phenoxy) is 1. The van der Waals surface area contributed by atoms with Gasteiger partial charge in [-0.25, -0.2) is 0 Å². The second-order valence-corrected chi connectivity index (χ2v) is 5.96. The summed E-state index contributed by atoms with van der Waals surface area (Å²) < 4.78 is 4.89. The lowest BCUT2D eigenvalue weighted by Gasteiger charge is -2.37. The summed E-state index contributed by atoms with van der Waals surface area (Å²) in [6.07, 6.45) is 4.99. The Kier molecular flexibility index (Phi) is 4.62. The Bertz CT molecular complexity index is 294. The maximum absolute atomic E-state index is 11.8. The van der Waals surface area contributed by atoms with Crippen LogP contribution < -0.4 is 5.32 Å². The van der Waals surface area contributed by atoms with Crippen molar-refractivity contribution in [2.24, 2.45) is 5.92 Å². The van der Waals surface area contributed by atoms with Crippen molar-refractivity contribution in [3.05, 3.63) is 0 Å². The molecule has 2 rings (SSSR count). The fraction of sp³-hybridized carbons (Fsp3) is 0.929. The van der Waals surface area contributed by atoms with Gasteiger partial charge in [-0.1, -0.05) is 13.8 Å². The molecule has 0 saturated carbocycles. The van der Waals surface area contributed by atoms with Gasteiger partial charge in [-0.15, -0.1) is 0 Å².